The molecule has 0 spiro atoms. The van der Waals surface area contributed by atoms with E-state index in [9.17, 15) is 9.90 Å². The van der Waals surface area contributed by atoms with Gasteiger partial charge >= 0.3 is 0 Å². The van der Waals surface area contributed by atoms with Gasteiger partial charge in [-0.05, 0) is 51.1 Å². The average molecular weight is 339 g/mol. The van der Waals surface area contributed by atoms with Gasteiger partial charge in [0.25, 0.3) is 0 Å². The number of nitrogens with zero attached hydrogens (tertiary/aromatic N) is 1. The van der Waals surface area contributed by atoms with Gasteiger partial charge in [-0.3, -0.25) is 4.79 Å². The number of carbonyl (C=O) groups is 1. The molecule has 2 rings (SSSR count). The van der Waals surface area contributed by atoms with Crippen LogP contribution in [0.25, 0.3) is 0 Å². The second-order valence-electron chi connectivity index (χ2n) is 3.76. The first-order valence-electron chi connectivity index (χ1n) is 5.48. The molecule has 0 aliphatic rings. The van der Waals surface area contributed by atoms with Crippen molar-refractivity contribution in [3.63, 3.8) is 0 Å². The summed E-state index contributed by atoms with van der Waals surface area (Å²) >= 11 is 4.75. The van der Waals surface area contributed by atoms with Crippen LogP contribution in [-0.4, -0.2) is 17.2 Å². The first kappa shape index (κ1) is 13.8. The van der Waals surface area contributed by atoms with Gasteiger partial charge < -0.3 is 5.11 Å². The Labute approximate surface area is 122 Å². The Balaban J connectivity index is 1.89. The molecule has 0 saturated carbocycles. The van der Waals surface area contributed by atoms with Crippen LogP contribution in [0.1, 0.15) is 10.4 Å². The molecule has 19 heavy (non-hydrogen) atoms. The van der Waals surface area contributed by atoms with Gasteiger partial charge in [0.2, 0.25) is 5.91 Å². The van der Waals surface area contributed by atoms with E-state index in [1.807, 2.05) is 17.5 Å². The van der Waals surface area contributed by atoms with E-state index in [1.165, 1.54) is 17.6 Å². The highest BCUT2D eigenvalue weighted by Crippen LogP contribution is 2.23. The number of rotatable bonds is 4. The summed E-state index contributed by atoms with van der Waals surface area (Å²) in [5.41, 5.74) is 3.24. The first-order valence-corrected chi connectivity index (χ1v) is 7.15. The second kappa shape index (κ2) is 6.49. The molecule has 0 aliphatic carbocycles. The van der Waals surface area contributed by atoms with Crippen LogP contribution in [0.15, 0.2) is 45.3 Å². The molecule has 6 heteroatoms. The molecular formula is C13H11BrN2O2S. The number of carbonyl (C=O) groups excluding carboxylic acids is 1. The Bertz CT molecular complexity index is 597. The lowest BCUT2D eigenvalue weighted by atomic mass is 10.2. The summed E-state index contributed by atoms with van der Waals surface area (Å²) in [6.45, 7) is 0. The number of benzene rings is 1. The Kier molecular flexibility index (Phi) is 4.70. The quantitative estimate of drug-likeness (QED) is 0.665. The number of thiophene rings is 1. The van der Waals surface area contributed by atoms with Crippen LogP contribution >= 0.6 is 27.3 Å². The van der Waals surface area contributed by atoms with Gasteiger partial charge in [0.05, 0.1) is 17.1 Å². The fourth-order valence-electron chi connectivity index (χ4n) is 1.39. The van der Waals surface area contributed by atoms with Gasteiger partial charge in [0, 0.05) is 4.88 Å². The number of phenols is 1. The molecule has 2 aromatic rings. The smallest absolute Gasteiger partial charge is 0.245 e. The molecule has 2 N–H and O–H groups in total. The van der Waals surface area contributed by atoms with E-state index in [2.05, 4.69) is 26.5 Å². The topological polar surface area (TPSA) is 61.7 Å². The molecule has 4 nitrogen and oxygen atoms in total. The third-order valence-corrected chi connectivity index (χ3v) is 3.80. The SMILES string of the molecule is O=C(Cc1cccs1)N/N=C/c1ccc(O)c(Br)c1. The molecule has 1 aromatic heterocycles. The van der Waals surface area contributed by atoms with Gasteiger partial charge in [-0.25, -0.2) is 5.43 Å². The van der Waals surface area contributed by atoms with Crippen molar-refractivity contribution in [1.29, 1.82) is 0 Å². The van der Waals surface area contributed by atoms with Crippen LogP contribution in [-0.2, 0) is 11.2 Å². The summed E-state index contributed by atoms with van der Waals surface area (Å²) < 4.78 is 0.585. The molecule has 0 aliphatic heterocycles. The summed E-state index contributed by atoms with van der Waals surface area (Å²) in [6, 6.07) is 8.79. The van der Waals surface area contributed by atoms with Gasteiger partial charge in [-0.2, -0.15) is 5.10 Å². The highest BCUT2D eigenvalue weighted by molar-refractivity contribution is 9.10. The van der Waals surface area contributed by atoms with Gasteiger partial charge in [-0.15, -0.1) is 11.3 Å². The summed E-state index contributed by atoms with van der Waals surface area (Å²) in [7, 11) is 0. The number of nitrogens with one attached hydrogen (secondary N) is 1. The molecular weight excluding hydrogens is 328 g/mol. The van der Waals surface area contributed by atoms with Gasteiger partial charge in [0.1, 0.15) is 5.75 Å². The largest absolute Gasteiger partial charge is 0.507 e. The van der Waals surface area contributed by atoms with E-state index in [4.69, 9.17) is 0 Å². The van der Waals surface area contributed by atoms with Crippen molar-refractivity contribution in [2.75, 3.05) is 0 Å². The predicted molar refractivity (Wildman–Crippen MR) is 79.6 cm³/mol. The summed E-state index contributed by atoms with van der Waals surface area (Å²) in [5.74, 6) is 0.00965. The molecule has 0 atom stereocenters. The molecule has 98 valence electrons. The maximum absolute atomic E-state index is 11.6. The Hall–Kier alpha value is -1.66. The van der Waals surface area contributed by atoms with Crippen molar-refractivity contribution in [3.8, 4) is 5.75 Å². The number of hydrazone groups is 1. The normalized spacial score (nSPS) is 10.8. The Morgan fingerprint density at radius 3 is 3.00 bits per heavy atom. The van der Waals surface area contributed by atoms with E-state index in [0.717, 1.165) is 10.4 Å². The zero-order valence-electron chi connectivity index (χ0n) is 9.84. The van der Waals surface area contributed by atoms with Crippen LogP contribution in [0.5, 0.6) is 5.75 Å². The highest BCUT2D eigenvalue weighted by Gasteiger charge is 2.02. The third kappa shape index (κ3) is 4.18. The molecule has 1 amide bonds. The number of phenolic OH excluding ortho intramolecular Hbond substituents is 1. The van der Waals surface area contributed by atoms with E-state index >= 15 is 0 Å². The fourth-order valence-corrected chi connectivity index (χ4v) is 2.49. The van der Waals surface area contributed by atoms with Gasteiger partial charge in [-0.1, -0.05) is 6.07 Å². The van der Waals surface area contributed by atoms with Crippen molar-refractivity contribution < 1.29 is 9.90 Å². The van der Waals surface area contributed by atoms with Crippen LogP contribution in [0.3, 0.4) is 0 Å². The van der Waals surface area contributed by atoms with Crippen LogP contribution in [0.2, 0.25) is 0 Å². The highest BCUT2D eigenvalue weighted by atomic mass is 79.9. The average Bonchev–Trinajstić information content (AvgIpc) is 2.86. The first-order chi connectivity index (χ1) is 9.15. The lowest BCUT2D eigenvalue weighted by Gasteiger charge is -1.99. The van der Waals surface area contributed by atoms with Crippen molar-refractivity contribution in [2.24, 2.45) is 5.10 Å². The maximum atomic E-state index is 11.6. The van der Waals surface area contributed by atoms with Crippen LogP contribution in [0.4, 0.5) is 0 Å². The molecule has 0 fully saturated rings. The number of hydrogen-bond acceptors (Lipinski definition) is 4. The molecule has 0 radical (unpaired) electrons. The van der Waals surface area contributed by atoms with Crippen molar-refractivity contribution >= 4 is 39.4 Å². The van der Waals surface area contributed by atoms with Crippen molar-refractivity contribution in [1.82, 2.24) is 5.43 Å². The fraction of sp³-hybridized carbons (Fsp3) is 0.0769. The summed E-state index contributed by atoms with van der Waals surface area (Å²) in [5, 5.41) is 15.1. The predicted octanol–water partition coefficient (Wildman–Crippen LogP) is 2.91. The standard InChI is InChI=1S/C13H11BrN2O2S/c14-11-6-9(3-4-12(11)17)8-15-16-13(18)7-10-2-1-5-19-10/h1-6,8,17H,7H2,(H,16,18)/b15-8+. The number of halogens is 1. The molecule has 1 aromatic carbocycles. The number of aromatic hydroxyl groups is 1. The molecule has 1 heterocycles. The van der Waals surface area contributed by atoms with Crippen molar-refractivity contribution in [3.05, 3.63) is 50.6 Å². The lowest BCUT2D eigenvalue weighted by molar-refractivity contribution is -0.120. The van der Waals surface area contributed by atoms with E-state index in [1.54, 1.807) is 18.2 Å². The number of amides is 1. The molecule has 0 unspecified atom stereocenters. The Morgan fingerprint density at radius 2 is 2.32 bits per heavy atom. The minimum Gasteiger partial charge on any atom is -0.507 e. The van der Waals surface area contributed by atoms with E-state index in [-0.39, 0.29) is 11.7 Å². The lowest BCUT2D eigenvalue weighted by Crippen LogP contribution is -2.19. The number of hydrogen-bond donors (Lipinski definition) is 2. The zero-order chi connectivity index (χ0) is 13.7. The monoisotopic (exact) mass is 338 g/mol. The summed E-state index contributed by atoms with van der Waals surface area (Å²) in [6.07, 6.45) is 1.85. The zero-order valence-corrected chi connectivity index (χ0v) is 12.2. The van der Waals surface area contributed by atoms with Crippen LogP contribution in [0, 0.1) is 0 Å². The van der Waals surface area contributed by atoms with E-state index < -0.39 is 0 Å². The third-order valence-electron chi connectivity index (χ3n) is 2.29. The summed E-state index contributed by atoms with van der Waals surface area (Å²) in [4.78, 5) is 12.6. The minimum absolute atomic E-state index is 0.156. The molecule has 0 bridgehead atoms. The van der Waals surface area contributed by atoms with Crippen LogP contribution < -0.4 is 5.43 Å². The van der Waals surface area contributed by atoms with Gasteiger partial charge in [0.15, 0.2) is 0 Å². The minimum atomic E-state index is -0.156. The molecule has 0 saturated heterocycles. The van der Waals surface area contributed by atoms with Crippen molar-refractivity contribution in [2.45, 2.75) is 6.42 Å². The Morgan fingerprint density at radius 1 is 1.47 bits per heavy atom. The maximum Gasteiger partial charge on any atom is 0.245 e. The second-order valence-corrected chi connectivity index (χ2v) is 5.65. The van der Waals surface area contributed by atoms with E-state index in [0.29, 0.717) is 10.9 Å².